The zero-order valence-corrected chi connectivity index (χ0v) is 32.8. The number of imidazole rings is 1. The monoisotopic (exact) mass is 781 g/mol. The standard InChI is InChI=1S/C54H35N7/c1-2-18-38(19-3-1)61-51-29-11-7-25-45(51)58-54(61)36-16-14-20-39(32-36)59-48-26-8-4-21-41(48)52-42-22-5-9-27-49(42)60(53(52)43-23-6-10-28-50(43)59)40-33-46(37-17-15-30-55-35-37)57-47(34-40)44-24-12-13-31-56-44/h1-35H. The lowest BCUT2D eigenvalue weighted by Gasteiger charge is -2.28. The second kappa shape index (κ2) is 14.1. The highest BCUT2D eigenvalue weighted by molar-refractivity contribution is 6.13. The number of rotatable bonds is 6. The molecule has 7 nitrogen and oxygen atoms in total. The molecule has 6 aromatic carbocycles. The van der Waals surface area contributed by atoms with E-state index in [-0.39, 0.29) is 0 Å². The van der Waals surface area contributed by atoms with E-state index in [4.69, 9.17) is 15.0 Å². The van der Waals surface area contributed by atoms with E-state index in [1.165, 1.54) is 5.56 Å². The lowest BCUT2D eigenvalue weighted by molar-refractivity contribution is 1.10. The molecule has 0 unspecified atom stereocenters. The number of hydrogen-bond donors (Lipinski definition) is 0. The Bertz CT molecular complexity index is 3370. The van der Waals surface area contributed by atoms with E-state index < -0.39 is 0 Å². The number of para-hydroxylation sites is 6. The van der Waals surface area contributed by atoms with Gasteiger partial charge in [-0.2, -0.15) is 0 Å². The number of nitrogens with zero attached hydrogens (tertiary/aromatic N) is 7. The summed E-state index contributed by atoms with van der Waals surface area (Å²) in [6.45, 7) is 0. The van der Waals surface area contributed by atoms with E-state index in [2.05, 4.69) is 189 Å². The molecule has 12 rings (SSSR count). The van der Waals surface area contributed by atoms with Crippen LogP contribution in [0.2, 0.25) is 0 Å². The average Bonchev–Trinajstić information content (AvgIpc) is 3.86. The summed E-state index contributed by atoms with van der Waals surface area (Å²) in [6, 6.07) is 68.2. The third-order valence-electron chi connectivity index (χ3n) is 11.6. The quantitative estimate of drug-likeness (QED) is 0.168. The molecule has 1 aliphatic rings. The number of anilines is 3. The first kappa shape index (κ1) is 34.6. The molecule has 0 aliphatic carbocycles. The lowest BCUT2D eigenvalue weighted by Crippen LogP contribution is -2.11. The van der Waals surface area contributed by atoms with Gasteiger partial charge in [-0.15, -0.1) is 0 Å². The minimum atomic E-state index is 0.783. The van der Waals surface area contributed by atoms with Gasteiger partial charge in [-0.3, -0.25) is 14.5 Å². The van der Waals surface area contributed by atoms with Gasteiger partial charge < -0.3 is 9.47 Å². The second-order valence-corrected chi connectivity index (χ2v) is 15.1. The van der Waals surface area contributed by atoms with Crippen LogP contribution >= 0.6 is 0 Å². The predicted molar refractivity (Wildman–Crippen MR) is 247 cm³/mol. The maximum absolute atomic E-state index is 5.24. The summed E-state index contributed by atoms with van der Waals surface area (Å²) in [5.41, 5.74) is 17.2. The molecule has 0 fully saturated rings. The van der Waals surface area contributed by atoms with Gasteiger partial charge in [-0.25, -0.2) is 9.97 Å². The molecule has 1 aliphatic heterocycles. The normalized spacial score (nSPS) is 11.9. The summed E-state index contributed by atoms with van der Waals surface area (Å²) in [5, 5.41) is 1.16. The van der Waals surface area contributed by atoms with Crippen LogP contribution in [0.25, 0.3) is 89.7 Å². The number of pyridine rings is 3. The highest BCUT2D eigenvalue weighted by atomic mass is 15.2. The summed E-state index contributed by atoms with van der Waals surface area (Å²) < 4.78 is 4.67. The molecule has 0 spiro atoms. The Morgan fingerprint density at radius 2 is 1.11 bits per heavy atom. The number of fused-ring (bicyclic) bond motifs is 8. The van der Waals surface area contributed by atoms with Gasteiger partial charge in [-0.05, 0) is 91.0 Å². The van der Waals surface area contributed by atoms with E-state index in [0.717, 1.165) is 101 Å². The summed E-state index contributed by atoms with van der Waals surface area (Å²) >= 11 is 0. The van der Waals surface area contributed by atoms with Gasteiger partial charge in [-0.1, -0.05) is 103 Å². The van der Waals surface area contributed by atoms with Crippen molar-refractivity contribution in [3.8, 4) is 67.8 Å². The van der Waals surface area contributed by atoms with E-state index in [1.807, 2.05) is 36.7 Å². The molecular weight excluding hydrogens is 747 g/mol. The SMILES string of the molecule is c1ccc(-n2c(-c3cccc(N4c5ccccc5-c5c(n(-c6cc(-c7cccnc7)nc(-c7ccccn7)c6)c6ccccc56)-c5ccccc54)c3)nc3ccccc32)cc1. The van der Waals surface area contributed by atoms with Crippen molar-refractivity contribution in [2.24, 2.45) is 0 Å². The lowest BCUT2D eigenvalue weighted by atomic mass is 9.98. The van der Waals surface area contributed by atoms with Crippen LogP contribution in [0.4, 0.5) is 17.1 Å². The zero-order valence-electron chi connectivity index (χ0n) is 32.8. The molecule has 6 heterocycles. The Kier molecular flexibility index (Phi) is 8.03. The fourth-order valence-electron chi connectivity index (χ4n) is 8.99. The zero-order chi connectivity index (χ0) is 40.3. The van der Waals surface area contributed by atoms with Crippen molar-refractivity contribution in [1.29, 1.82) is 0 Å². The first-order valence-electron chi connectivity index (χ1n) is 20.4. The third kappa shape index (κ3) is 5.67. The van der Waals surface area contributed by atoms with Crippen LogP contribution in [0.5, 0.6) is 0 Å². The molecule has 0 radical (unpaired) electrons. The van der Waals surface area contributed by atoms with Gasteiger partial charge in [0, 0.05) is 63.2 Å². The number of benzene rings is 6. The van der Waals surface area contributed by atoms with Crippen molar-refractivity contribution in [2.75, 3.05) is 4.90 Å². The summed E-state index contributed by atoms with van der Waals surface area (Å²) in [4.78, 5) is 22.0. The molecule has 286 valence electrons. The van der Waals surface area contributed by atoms with Crippen LogP contribution in [0.15, 0.2) is 213 Å². The van der Waals surface area contributed by atoms with Crippen molar-refractivity contribution < 1.29 is 0 Å². The molecule has 0 N–H and O–H groups in total. The molecule has 0 saturated carbocycles. The Balaban J connectivity index is 1.12. The maximum atomic E-state index is 5.24. The first-order chi connectivity index (χ1) is 30.3. The third-order valence-corrected chi connectivity index (χ3v) is 11.6. The molecule has 0 amide bonds. The predicted octanol–water partition coefficient (Wildman–Crippen LogP) is 13.3. The Hall–Kier alpha value is -8.42. The minimum Gasteiger partial charge on any atom is -0.309 e. The van der Waals surface area contributed by atoms with E-state index >= 15 is 0 Å². The van der Waals surface area contributed by atoms with Crippen LogP contribution < -0.4 is 4.90 Å². The largest absolute Gasteiger partial charge is 0.309 e. The average molecular weight is 782 g/mol. The van der Waals surface area contributed by atoms with Gasteiger partial charge in [0.05, 0.1) is 56.4 Å². The smallest absolute Gasteiger partial charge is 0.145 e. The van der Waals surface area contributed by atoms with Crippen LogP contribution in [0.1, 0.15) is 0 Å². The van der Waals surface area contributed by atoms with Crippen molar-refractivity contribution in [1.82, 2.24) is 29.1 Å². The minimum absolute atomic E-state index is 0.783. The fraction of sp³-hybridized carbons (Fsp3) is 0. The number of hydrogen-bond acceptors (Lipinski definition) is 5. The molecule has 0 saturated heterocycles. The van der Waals surface area contributed by atoms with Crippen LogP contribution in [0, 0.1) is 0 Å². The molecule has 0 atom stereocenters. The molecular formula is C54H35N7. The van der Waals surface area contributed by atoms with Gasteiger partial charge in [0.25, 0.3) is 0 Å². The van der Waals surface area contributed by atoms with Gasteiger partial charge in [0.2, 0.25) is 0 Å². The van der Waals surface area contributed by atoms with Gasteiger partial charge in [0.1, 0.15) is 5.82 Å². The second-order valence-electron chi connectivity index (χ2n) is 15.1. The van der Waals surface area contributed by atoms with Crippen LogP contribution in [-0.4, -0.2) is 29.1 Å². The Labute approximate surface area is 352 Å². The van der Waals surface area contributed by atoms with Crippen molar-refractivity contribution in [3.05, 3.63) is 213 Å². The highest BCUT2D eigenvalue weighted by Crippen LogP contribution is 2.54. The molecule has 61 heavy (non-hydrogen) atoms. The highest BCUT2D eigenvalue weighted by Gasteiger charge is 2.32. The van der Waals surface area contributed by atoms with E-state index in [0.29, 0.717) is 0 Å². The van der Waals surface area contributed by atoms with E-state index in [1.54, 1.807) is 6.20 Å². The number of aromatic nitrogens is 6. The molecule has 5 aromatic heterocycles. The first-order valence-corrected chi connectivity index (χ1v) is 20.4. The van der Waals surface area contributed by atoms with Crippen molar-refractivity contribution >= 4 is 39.0 Å². The molecule has 11 aromatic rings. The summed E-state index contributed by atoms with van der Waals surface area (Å²) in [7, 11) is 0. The Morgan fingerprint density at radius 1 is 0.410 bits per heavy atom. The molecule has 0 bridgehead atoms. The van der Waals surface area contributed by atoms with Crippen molar-refractivity contribution in [3.63, 3.8) is 0 Å². The fourth-order valence-corrected chi connectivity index (χ4v) is 8.99. The topological polar surface area (TPSA) is 64.7 Å². The van der Waals surface area contributed by atoms with E-state index in [9.17, 15) is 0 Å². The maximum Gasteiger partial charge on any atom is 0.145 e. The van der Waals surface area contributed by atoms with Crippen molar-refractivity contribution in [2.45, 2.75) is 0 Å². The van der Waals surface area contributed by atoms with Gasteiger partial charge in [0.15, 0.2) is 0 Å². The van der Waals surface area contributed by atoms with Crippen LogP contribution in [-0.2, 0) is 0 Å². The summed E-state index contributed by atoms with van der Waals surface area (Å²) in [5.74, 6) is 0.886. The summed E-state index contributed by atoms with van der Waals surface area (Å²) in [6.07, 6.45) is 5.48. The van der Waals surface area contributed by atoms with Crippen LogP contribution in [0.3, 0.4) is 0 Å². The van der Waals surface area contributed by atoms with Gasteiger partial charge >= 0.3 is 0 Å². The Morgan fingerprint density at radius 3 is 1.95 bits per heavy atom. The molecule has 7 heteroatoms.